The maximum Gasteiger partial charge on any atom is 0.304 e. The second-order valence-electron chi connectivity index (χ2n) is 5.32. The number of carbonyl (C=O) groups is 1. The van der Waals surface area contributed by atoms with Gasteiger partial charge in [-0.3, -0.25) is 4.79 Å². The van der Waals surface area contributed by atoms with Gasteiger partial charge in [-0.2, -0.15) is 0 Å². The first kappa shape index (κ1) is 17.9. The van der Waals surface area contributed by atoms with Crippen LogP contribution in [0.25, 0.3) is 0 Å². The zero-order chi connectivity index (χ0) is 15.7. The van der Waals surface area contributed by atoms with E-state index in [9.17, 15) is 13.2 Å². The Labute approximate surface area is 135 Å². The van der Waals surface area contributed by atoms with Gasteiger partial charge in [0, 0.05) is 6.04 Å². The number of aliphatic carboxylic acids is 1. The Morgan fingerprint density at radius 3 is 2.45 bits per heavy atom. The largest absolute Gasteiger partial charge is 0.481 e. The van der Waals surface area contributed by atoms with E-state index in [-0.39, 0.29) is 10.6 Å². The minimum absolute atomic E-state index is 0.0500. The lowest BCUT2D eigenvalue weighted by atomic mass is 9.85. The van der Waals surface area contributed by atoms with Crippen LogP contribution < -0.4 is 4.72 Å². The van der Waals surface area contributed by atoms with E-state index in [0.717, 1.165) is 11.3 Å². The highest BCUT2D eigenvalue weighted by Gasteiger charge is 2.32. The maximum absolute atomic E-state index is 12.3. The zero-order valence-corrected chi connectivity index (χ0v) is 15.1. The molecule has 1 aromatic heterocycles. The molecule has 1 aromatic rings. The molecule has 114 valence electrons. The summed E-state index contributed by atoms with van der Waals surface area (Å²) in [6.45, 7) is 5.33. The third kappa shape index (κ3) is 4.70. The number of nitrogens with one attached hydrogen (secondary N) is 1. The van der Waals surface area contributed by atoms with Crippen molar-refractivity contribution in [3.8, 4) is 0 Å². The molecule has 0 fully saturated rings. The first-order valence-electron chi connectivity index (χ1n) is 5.62. The van der Waals surface area contributed by atoms with Crippen molar-refractivity contribution in [2.75, 3.05) is 0 Å². The minimum atomic E-state index is -3.80. The molecule has 2 N–H and O–H groups in total. The van der Waals surface area contributed by atoms with Crippen molar-refractivity contribution in [1.29, 1.82) is 0 Å². The summed E-state index contributed by atoms with van der Waals surface area (Å²) in [5.74, 6) is -1.06. The van der Waals surface area contributed by atoms with Gasteiger partial charge in [0.05, 0.1) is 15.2 Å². The molecule has 1 atom stereocenters. The average molecular weight is 405 g/mol. The standard InChI is InChI=1S/C11H15BrClNO4S2/c1-11(2,3)7(5-8(15)16)14-20(17,18)9-4-6(13)10(12)19-9/h4,7,14H,5H2,1-3H3,(H,15,16). The van der Waals surface area contributed by atoms with Crippen molar-refractivity contribution >= 4 is 54.9 Å². The summed E-state index contributed by atoms with van der Waals surface area (Å²) in [5.41, 5.74) is -0.524. The molecule has 1 heterocycles. The molecule has 20 heavy (non-hydrogen) atoms. The van der Waals surface area contributed by atoms with Crippen LogP contribution in [0, 0.1) is 5.41 Å². The van der Waals surface area contributed by atoms with Gasteiger partial charge >= 0.3 is 5.97 Å². The SMILES string of the molecule is CC(C)(C)C(CC(=O)O)NS(=O)(=O)c1cc(Cl)c(Br)s1. The minimum Gasteiger partial charge on any atom is -0.481 e. The van der Waals surface area contributed by atoms with E-state index in [0.29, 0.717) is 8.81 Å². The monoisotopic (exact) mass is 403 g/mol. The quantitative estimate of drug-likeness (QED) is 0.788. The second kappa shape index (κ2) is 6.31. The van der Waals surface area contributed by atoms with Gasteiger partial charge in [0.1, 0.15) is 4.21 Å². The molecule has 1 rings (SSSR count). The van der Waals surface area contributed by atoms with Crippen LogP contribution in [0.3, 0.4) is 0 Å². The first-order chi connectivity index (χ1) is 8.93. The molecular weight excluding hydrogens is 390 g/mol. The smallest absolute Gasteiger partial charge is 0.304 e. The van der Waals surface area contributed by atoms with Crippen LogP contribution in [0.2, 0.25) is 5.02 Å². The van der Waals surface area contributed by atoms with Gasteiger partial charge in [0.2, 0.25) is 10.0 Å². The molecule has 0 amide bonds. The van der Waals surface area contributed by atoms with Crippen molar-refractivity contribution in [1.82, 2.24) is 4.72 Å². The van der Waals surface area contributed by atoms with Gasteiger partial charge in [0.25, 0.3) is 0 Å². The highest BCUT2D eigenvalue weighted by molar-refractivity contribution is 9.11. The Morgan fingerprint density at radius 1 is 1.55 bits per heavy atom. The molecule has 5 nitrogen and oxygen atoms in total. The number of thiophene rings is 1. The fourth-order valence-corrected chi connectivity index (χ4v) is 5.26. The van der Waals surface area contributed by atoms with E-state index in [2.05, 4.69) is 20.7 Å². The van der Waals surface area contributed by atoms with E-state index in [4.69, 9.17) is 16.7 Å². The number of rotatable bonds is 5. The van der Waals surface area contributed by atoms with E-state index < -0.39 is 27.4 Å². The van der Waals surface area contributed by atoms with E-state index >= 15 is 0 Å². The third-order valence-electron chi connectivity index (χ3n) is 2.61. The van der Waals surface area contributed by atoms with Crippen molar-refractivity contribution in [2.45, 2.75) is 37.4 Å². The van der Waals surface area contributed by atoms with Gasteiger partial charge in [0.15, 0.2) is 0 Å². The number of halogens is 2. The molecule has 0 bridgehead atoms. The fraction of sp³-hybridized carbons (Fsp3) is 0.545. The number of sulfonamides is 1. The lowest BCUT2D eigenvalue weighted by Gasteiger charge is -2.29. The van der Waals surface area contributed by atoms with Gasteiger partial charge in [-0.05, 0) is 27.4 Å². The van der Waals surface area contributed by atoms with E-state index in [1.807, 2.05) is 0 Å². The normalized spacial score (nSPS) is 14.2. The van der Waals surface area contributed by atoms with Gasteiger partial charge < -0.3 is 5.11 Å². The molecule has 0 aliphatic carbocycles. The number of carboxylic acid groups (broad SMARTS) is 1. The van der Waals surface area contributed by atoms with Crippen molar-refractivity contribution in [2.24, 2.45) is 5.41 Å². The lowest BCUT2D eigenvalue weighted by Crippen LogP contribution is -2.44. The van der Waals surface area contributed by atoms with E-state index in [1.165, 1.54) is 6.07 Å². The molecule has 0 spiro atoms. The van der Waals surface area contributed by atoms with Crippen molar-refractivity contribution in [3.05, 3.63) is 14.9 Å². The molecule has 0 saturated carbocycles. The van der Waals surface area contributed by atoms with Crippen LogP contribution in [0.5, 0.6) is 0 Å². The maximum atomic E-state index is 12.3. The van der Waals surface area contributed by atoms with Crippen LogP contribution in [0.1, 0.15) is 27.2 Å². The van der Waals surface area contributed by atoms with Crippen LogP contribution in [-0.4, -0.2) is 25.5 Å². The Morgan fingerprint density at radius 2 is 2.10 bits per heavy atom. The summed E-state index contributed by atoms with van der Waals surface area (Å²) >= 11 is 9.96. The van der Waals surface area contributed by atoms with Gasteiger partial charge in [-0.1, -0.05) is 32.4 Å². The third-order valence-corrected chi connectivity index (χ3v) is 7.03. The molecule has 0 aliphatic heterocycles. The summed E-state index contributed by atoms with van der Waals surface area (Å²) in [5, 5.41) is 9.21. The first-order valence-corrected chi connectivity index (χ1v) is 9.09. The highest BCUT2D eigenvalue weighted by atomic mass is 79.9. The van der Waals surface area contributed by atoms with Crippen LogP contribution in [0.4, 0.5) is 0 Å². The molecule has 0 aliphatic rings. The summed E-state index contributed by atoms with van der Waals surface area (Å²) in [6.07, 6.45) is -0.289. The molecule has 0 aromatic carbocycles. The van der Waals surface area contributed by atoms with Crippen molar-refractivity contribution in [3.63, 3.8) is 0 Å². The van der Waals surface area contributed by atoms with E-state index in [1.54, 1.807) is 20.8 Å². The van der Waals surface area contributed by atoms with Crippen LogP contribution in [-0.2, 0) is 14.8 Å². The molecule has 0 radical (unpaired) electrons. The Bertz CT molecular complexity index is 587. The van der Waals surface area contributed by atoms with Gasteiger partial charge in [-0.15, -0.1) is 11.3 Å². The summed E-state index contributed by atoms with van der Waals surface area (Å²) in [6, 6.07) is 0.615. The summed E-state index contributed by atoms with van der Waals surface area (Å²) in [4.78, 5) is 10.9. The highest BCUT2D eigenvalue weighted by Crippen LogP contribution is 2.35. The predicted octanol–water partition coefficient (Wildman–Crippen LogP) is 3.33. The number of hydrogen-bond donors (Lipinski definition) is 2. The molecule has 9 heteroatoms. The zero-order valence-electron chi connectivity index (χ0n) is 11.1. The summed E-state index contributed by atoms with van der Waals surface area (Å²) < 4.78 is 27.5. The number of carboxylic acids is 1. The molecule has 0 saturated heterocycles. The Hall–Kier alpha value is -0.150. The van der Waals surface area contributed by atoms with Crippen LogP contribution >= 0.6 is 38.9 Å². The van der Waals surface area contributed by atoms with Gasteiger partial charge in [-0.25, -0.2) is 13.1 Å². The summed E-state index contributed by atoms with van der Waals surface area (Å²) in [7, 11) is -3.80. The second-order valence-corrected chi connectivity index (χ2v) is 10.0. The molecule has 1 unspecified atom stereocenters. The topological polar surface area (TPSA) is 83.5 Å². The predicted molar refractivity (Wildman–Crippen MR) is 82.8 cm³/mol. The lowest BCUT2D eigenvalue weighted by molar-refractivity contribution is -0.138. The number of hydrogen-bond acceptors (Lipinski definition) is 4. The fourth-order valence-electron chi connectivity index (χ4n) is 1.40. The van der Waals surface area contributed by atoms with Crippen LogP contribution in [0.15, 0.2) is 14.1 Å². The Balaban J connectivity index is 3.06. The average Bonchev–Trinajstić information content (AvgIpc) is 2.56. The molecular formula is C11H15BrClNO4S2. The van der Waals surface area contributed by atoms with Crippen molar-refractivity contribution < 1.29 is 18.3 Å². The Kier molecular flexibility index (Phi) is 5.65.